The van der Waals surface area contributed by atoms with E-state index in [1.54, 1.807) is 0 Å². The minimum Gasteiger partial charge on any atom is -0.346 e. The van der Waals surface area contributed by atoms with Crippen molar-refractivity contribution >= 4 is 21.8 Å². The summed E-state index contributed by atoms with van der Waals surface area (Å²) in [5.74, 6) is -4.85. The number of carbonyl (C=O) groups is 1. The van der Waals surface area contributed by atoms with E-state index in [0.29, 0.717) is 5.33 Å². The highest BCUT2D eigenvalue weighted by atomic mass is 79.9. The van der Waals surface area contributed by atoms with Crippen molar-refractivity contribution in [3.05, 3.63) is 35.1 Å². The Labute approximate surface area is 123 Å². The highest BCUT2D eigenvalue weighted by Gasteiger charge is 2.33. The van der Waals surface area contributed by atoms with Gasteiger partial charge in [0.05, 0.1) is 5.54 Å². The van der Waals surface area contributed by atoms with Gasteiger partial charge < -0.3 is 5.32 Å². The maximum atomic E-state index is 13.2. The molecule has 0 atom stereocenters. The van der Waals surface area contributed by atoms with Crippen LogP contribution in [0.5, 0.6) is 0 Å². The van der Waals surface area contributed by atoms with Crippen molar-refractivity contribution in [3.63, 3.8) is 0 Å². The maximum absolute atomic E-state index is 13.2. The largest absolute Gasteiger partial charge is 0.346 e. The number of hydrogen-bond acceptors (Lipinski definition) is 1. The fraction of sp³-hybridized carbons (Fsp3) is 0.500. The number of carbonyl (C=O) groups excluding carboxylic acids is 1. The third-order valence-corrected chi connectivity index (χ3v) is 4.76. The zero-order valence-corrected chi connectivity index (χ0v) is 12.4. The molecule has 1 aliphatic rings. The molecule has 1 aliphatic carbocycles. The second-order valence-electron chi connectivity index (χ2n) is 5.18. The lowest BCUT2D eigenvalue weighted by Crippen LogP contribution is -2.51. The van der Waals surface area contributed by atoms with Gasteiger partial charge in [0.25, 0.3) is 5.91 Å². The molecule has 1 N–H and O–H groups in total. The Balaban J connectivity index is 2.19. The van der Waals surface area contributed by atoms with Crippen LogP contribution < -0.4 is 5.32 Å². The monoisotopic (exact) mass is 349 g/mol. The van der Waals surface area contributed by atoms with E-state index in [1.165, 1.54) is 0 Å². The zero-order chi connectivity index (χ0) is 14.8. The van der Waals surface area contributed by atoms with Gasteiger partial charge in [-0.05, 0) is 25.0 Å². The summed E-state index contributed by atoms with van der Waals surface area (Å²) in [6.45, 7) is 0. The molecule has 0 aliphatic heterocycles. The van der Waals surface area contributed by atoms with Crippen LogP contribution in [-0.4, -0.2) is 16.8 Å². The van der Waals surface area contributed by atoms with E-state index < -0.39 is 28.9 Å². The van der Waals surface area contributed by atoms with Crippen molar-refractivity contribution in [1.82, 2.24) is 5.32 Å². The normalized spacial score (nSPS) is 17.8. The summed E-state index contributed by atoms with van der Waals surface area (Å²) in [6, 6.07) is 1.44. The van der Waals surface area contributed by atoms with Crippen LogP contribution in [0.3, 0.4) is 0 Å². The Bertz CT molecular complexity index is 492. The van der Waals surface area contributed by atoms with Gasteiger partial charge in [-0.2, -0.15) is 0 Å². The lowest BCUT2D eigenvalue weighted by molar-refractivity contribution is 0.0885. The molecule has 1 saturated carbocycles. The van der Waals surface area contributed by atoms with Crippen LogP contribution in [0, 0.1) is 17.5 Å². The Hall–Kier alpha value is -1.04. The first kappa shape index (κ1) is 15.4. The van der Waals surface area contributed by atoms with Crippen molar-refractivity contribution in [2.45, 2.75) is 37.6 Å². The van der Waals surface area contributed by atoms with Crippen LogP contribution in [0.1, 0.15) is 42.5 Å². The number of benzene rings is 1. The third kappa shape index (κ3) is 3.16. The number of alkyl halides is 1. The number of amides is 1. The van der Waals surface area contributed by atoms with E-state index in [4.69, 9.17) is 0 Å². The van der Waals surface area contributed by atoms with Gasteiger partial charge in [-0.3, -0.25) is 4.79 Å². The van der Waals surface area contributed by atoms with Crippen LogP contribution in [-0.2, 0) is 0 Å². The number of rotatable bonds is 3. The second-order valence-corrected chi connectivity index (χ2v) is 5.74. The molecule has 0 aromatic heterocycles. The molecule has 0 saturated heterocycles. The van der Waals surface area contributed by atoms with Crippen LogP contribution >= 0.6 is 15.9 Å². The van der Waals surface area contributed by atoms with Crippen LogP contribution in [0.15, 0.2) is 12.1 Å². The summed E-state index contributed by atoms with van der Waals surface area (Å²) in [5.41, 5.74) is -0.594. The van der Waals surface area contributed by atoms with Gasteiger partial charge in [0.1, 0.15) is 0 Å². The summed E-state index contributed by atoms with van der Waals surface area (Å²) >= 11 is 3.39. The average Bonchev–Trinajstić information content (AvgIpc) is 2.45. The summed E-state index contributed by atoms with van der Waals surface area (Å²) < 4.78 is 39.2. The lowest BCUT2D eigenvalue weighted by atomic mass is 9.83. The fourth-order valence-electron chi connectivity index (χ4n) is 2.52. The minimum absolute atomic E-state index is 0.202. The van der Waals surface area contributed by atoms with Crippen LogP contribution in [0.25, 0.3) is 0 Å². The van der Waals surface area contributed by atoms with Gasteiger partial charge >= 0.3 is 0 Å². The Morgan fingerprint density at radius 3 is 2.20 bits per heavy atom. The molecular formula is C14H15BrF3NO. The molecule has 0 radical (unpaired) electrons. The molecule has 0 bridgehead atoms. The van der Waals surface area contributed by atoms with Crippen LogP contribution in [0.2, 0.25) is 0 Å². The first-order valence-electron chi connectivity index (χ1n) is 6.50. The van der Waals surface area contributed by atoms with E-state index in [0.717, 1.165) is 44.2 Å². The van der Waals surface area contributed by atoms with Crippen molar-refractivity contribution in [1.29, 1.82) is 0 Å². The average molecular weight is 350 g/mol. The molecule has 1 aromatic rings. The Morgan fingerprint density at radius 2 is 1.70 bits per heavy atom. The molecule has 0 unspecified atom stereocenters. The second kappa shape index (κ2) is 6.16. The van der Waals surface area contributed by atoms with Gasteiger partial charge in [-0.1, -0.05) is 35.2 Å². The van der Waals surface area contributed by atoms with Crippen molar-refractivity contribution < 1.29 is 18.0 Å². The predicted molar refractivity (Wildman–Crippen MR) is 73.4 cm³/mol. The van der Waals surface area contributed by atoms with E-state index in [2.05, 4.69) is 21.2 Å². The number of nitrogens with one attached hydrogen (secondary N) is 1. The predicted octanol–water partition coefficient (Wildman–Crippen LogP) is 3.93. The molecule has 0 heterocycles. The Morgan fingerprint density at radius 1 is 1.15 bits per heavy atom. The third-order valence-electron chi connectivity index (χ3n) is 3.69. The molecule has 110 valence electrons. The zero-order valence-electron chi connectivity index (χ0n) is 10.8. The molecule has 1 amide bonds. The molecule has 6 heteroatoms. The van der Waals surface area contributed by atoms with Gasteiger partial charge in [0.2, 0.25) is 0 Å². The van der Waals surface area contributed by atoms with E-state index in [9.17, 15) is 18.0 Å². The lowest BCUT2D eigenvalue weighted by Gasteiger charge is -2.36. The number of halogens is 4. The van der Waals surface area contributed by atoms with E-state index in [1.807, 2.05) is 0 Å². The fourth-order valence-corrected chi connectivity index (χ4v) is 3.22. The first-order valence-corrected chi connectivity index (χ1v) is 7.63. The van der Waals surface area contributed by atoms with E-state index >= 15 is 0 Å². The van der Waals surface area contributed by atoms with Gasteiger partial charge in [-0.25, -0.2) is 13.2 Å². The Kier molecular flexibility index (Phi) is 4.73. The van der Waals surface area contributed by atoms with Crippen molar-refractivity contribution in [2.24, 2.45) is 0 Å². The minimum atomic E-state index is -1.56. The SMILES string of the molecule is O=C(NC1(CBr)CCCCC1)c1cc(F)c(F)c(F)c1. The molecular weight excluding hydrogens is 335 g/mol. The summed E-state index contributed by atoms with van der Waals surface area (Å²) in [5, 5.41) is 3.41. The quantitative estimate of drug-likeness (QED) is 0.650. The van der Waals surface area contributed by atoms with Crippen molar-refractivity contribution in [3.8, 4) is 0 Å². The molecule has 20 heavy (non-hydrogen) atoms. The number of hydrogen-bond donors (Lipinski definition) is 1. The smallest absolute Gasteiger partial charge is 0.251 e. The topological polar surface area (TPSA) is 29.1 Å². The maximum Gasteiger partial charge on any atom is 0.251 e. The molecule has 1 fully saturated rings. The van der Waals surface area contributed by atoms with Gasteiger partial charge in [0, 0.05) is 10.9 Å². The summed E-state index contributed by atoms with van der Waals surface area (Å²) in [6.07, 6.45) is 4.74. The van der Waals surface area contributed by atoms with Crippen molar-refractivity contribution in [2.75, 3.05) is 5.33 Å². The standard InChI is InChI=1S/C14H15BrF3NO/c15-8-14(4-2-1-3-5-14)19-13(20)9-6-10(16)12(18)11(17)7-9/h6-7H,1-5,8H2,(H,19,20). The molecule has 2 rings (SSSR count). The van der Waals surface area contributed by atoms with Gasteiger partial charge in [0.15, 0.2) is 17.5 Å². The summed E-state index contributed by atoms with van der Waals surface area (Å²) in [7, 11) is 0. The molecule has 2 nitrogen and oxygen atoms in total. The summed E-state index contributed by atoms with van der Waals surface area (Å²) in [4.78, 5) is 12.1. The highest BCUT2D eigenvalue weighted by molar-refractivity contribution is 9.09. The van der Waals surface area contributed by atoms with Gasteiger partial charge in [-0.15, -0.1) is 0 Å². The highest BCUT2D eigenvalue weighted by Crippen LogP contribution is 2.30. The van der Waals surface area contributed by atoms with E-state index in [-0.39, 0.29) is 5.56 Å². The molecule has 1 aromatic carbocycles. The molecule has 0 spiro atoms. The first-order chi connectivity index (χ1) is 9.47. The van der Waals surface area contributed by atoms with Crippen LogP contribution in [0.4, 0.5) is 13.2 Å².